The summed E-state index contributed by atoms with van der Waals surface area (Å²) in [6.45, 7) is 4.86. The van der Waals surface area contributed by atoms with E-state index in [0.29, 0.717) is 24.7 Å². The van der Waals surface area contributed by atoms with Crippen molar-refractivity contribution in [2.24, 2.45) is 7.05 Å². The third-order valence-electron chi connectivity index (χ3n) is 5.88. The molecule has 1 aromatic carbocycles. The fourth-order valence-electron chi connectivity index (χ4n) is 4.03. The zero-order valence-corrected chi connectivity index (χ0v) is 21.7. The monoisotopic (exact) mass is 499 g/mol. The summed E-state index contributed by atoms with van der Waals surface area (Å²) in [5.41, 5.74) is 5.82. The first-order chi connectivity index (χ1) is 16.7. The minimum atomic E-state index is -0.685. The molecule has 35 heavy (non-hydrogen) atoms. The zero-order chi connectivity index (χ0) is 25.7. The lowest BCUT2D eigenvalue weighted by atomic mass is 10.2. The Morgan fingerprint density at radius 2 is 1.80 bits per heavy atom. The average molecular weight is 500 g/mol. The second-order valence-corrected chi connectivity index (χ2v) is 9.51. The van der Waals surface area contributed by atoms with Crippen LogP contribution in [0.1, 0.15) is 54.5 Å². The summed E-state index contributed by atoms with van der Waals surface area (Å²) in [6.07, 6.45) is 1.48. The number of hydrogen-bond donors (Lipinski definition) is 1. The van der Waals surface area contributed by atoms with Gasteiger partial charge in [-0.2, -0.15) is 0 Å². The van der Waals surface area contributed by atoms with Gasteiger partial charge in [0.2, 0.25) is 0 Å². The van der Waals surface area contributed by atoms with E-state index in [9.17, 15) is 14.4 Å². The first-order valence-corrected chi connectivity index (χ1v) is 12.6. The molecule has 0 fully saturated rings. The summed E-state index contributed by atoms with van der Waals surface area (Å²) in [4.78, 5) is 40.4. The smallest absolute Gasteiger partial charge is 0.332 e. The molecule has 0 aliphatic rings. The Hall–Kier alpha value is -3.18. The van der Waals surface area contributed by atoms with Gasteiger partial charge in [-0.1, -0.05) is 55.9 Å². The number of carbonyl (C=O) groups is 1. The van der Waals surface area contributed by atoms with E-state index in [0.717, 1.165) is 22.4 Å². The average Bonchev–Trinajstić information content (AvgIpc) is 3.22. The summed E-state index contributed by atoms with van der Waals surface area (Å²) >= 11 is 1.21. The molecule has 11 heteroatoms. The number of ketones is 1. The van der Waals surface area contributed by atoms with Gasteiger partial charge in [0, 0.05) is 13.6 Å². The van der Waals surface area contributed by atoms with Gasteiger partial charge in [0.15, 0.2) is 16.8 Å². The molecule has 0 radical (unpaired) electrons. The molecule has 1 atom stereocenters. The minimum absolute atomic E-state index is 0.0526. The fourth-order valence-corrected chi connectivity index (χ4v) is 4.85. The molecule has 0 spiro atoms. The summed E-state index contributed by atoms with van der Waals surface area (Å²) < 4.78 is 4.22. The Bertz CT molecular complexity index is 1290. The van der Waals surface area contributed by atoms with Crippen molar-refractivity contribution in [1.82, 2.24) is 28.8 Å². The number of nitrogen functional groups attached to an aromatic ring is 1. The first-order valence-electron chi connectivity index (χ1n) is 11.6. The highest BCUT2D eigenvalue weighted by atomic mass is 32.2. The van der Waals surface area contributed by atoms with E-state index in [4.69, 9.17) is 5.73 Å². The zero-order valence-electron chi connectivity index (χ0n) is 20.9. The molecule has 3 rings (SSSR count). The Morgan fingerprint density at radius 1 is 1.11 bits per heavy atom. The lowest BCUT2D eigenvalue weighted by molar-refractivity contribution is 0.102. The minimum Gasteiger partial charge on any atom is -0.384 e. The van der Waals surface area contributed by atoms with Crippen LogP contribution in [0, 0.1) is 0 Å². The molecule has 3 aromatic rings. The van der Waals surface area contributed by atoms with Gasteiger partial charge in [-0.25, -0.2) is 4.79 Å². The van der Waals surface area contributed by atoms with Crippen LogP contribution in [0.3, 0.4) is 0 Å². The number of rotatable bonds is 11. The molecule has 0 bridgehead atoms. The van der Waals surface area contributed by atoms with Crippen LogP contribution in [0.5, 0.6) is 0 Å². The predicted octanol–water partition coefficient (Wildman–Crippen LogP) is 2.17. The lowest BCUT2D eigenvalue weighted by Gasteiger charge is -2.23. The molecule has 0 saturated heterocycles. The van der Waals surface area contributed by atoms with E-state index < -0.39 is 17.0 Å². The molecule has 0 aliphatic heterocycles. The van der Waals surface area contributed by atoms with Crippen LogP contribution in [0.15, 0.2) is 45.1 Å². The van der Waals surface area contributed by atoms with Crippen molar-refractivity contribution < 1.29 is 4.79 Å². The number of nitrogens with two attached hydrogens (primary N) is 1. The number of anilines is 1. The van der Waals surface area contributed by atoms with Crippen molar-refractivity contribution in [1.29, 1.82) is 0 Å². The summed E-state index contributed by atoms with van der Waals surface area (Å²) in [5, 5.41) is 9.42. The topological polar surface area (TPSA) is 121 Å². The highest BCUT2D eigenvalue weighted by Gasteiger charge is 2.25. The van der Waals surface area contributed by atoms with Crippen LogP contribution >= 0.6 is 11.8 Å². The molecule has 0 amide bonds. The van der Waals surface area contributed by atoms with Crippen molar-refractivity contribution >= 4 is 23.4 Å². The Kier molecular flexibility index (Phi) is 8.68. The van der Waals surface area contributed by atoms with E-state index in [2.05, 4.69) is 22.0 Å². The molecule has 0 saturated carbocycles. The van der Waals surface area contributed by atoms with E-state index in [1.807, 2.05) is 55.9 Å². The molecule has 188 valence electrons. The molecule has 2 aromatic heterocycles. The molecule has 0 aliphatic carbocycles. The highest BCUT2D eigenvalue weighted by Crippen LogP contribution is 2.26. The third kappa shape index (κ3) is 5.57. The lowest BCUT2D eigenvalue weighted by Crippen LogP contribution is -2.42. The van der Waals surface area contributed by atoms with E-state index in [1.165, 1.54) is 23.4 Å². The van der Waals surface area contributed by atoms with Crippen LogP contribution in [0.4, 0.5) is 5.82 Å². The summed E-state index contributed by atoms with van der Waals surface area (Å²) in [5.74, 6) is 0.211. The maximum Gasteiger partial charge on any atom is 0.332 e. The largest absolute Gasteiger partial charge is 0.384 e. The molecular formula is C24H33N7O3S. The second-order valence-electron chi connectivity index (χ2n) is 8.57. The quantitative estimate of drug-likeness (QED) is 0.315. The van der Waals surface area contributed by atoms with Gasteiger partial charge in [-0.3, -0.25) is 23.6 Å². The first kappa shape index (κ1) is 26.4. The van der Waals surface area contributed by atoms with E-state index >= 15 is 0 Å². The number of thioether (sulfide) groups is 1. The number of carbonyl (C=O) groups excluding carboxylic acids is 1. The van der Waals surface area contributed by atoms with Crippen LogP contribution in [0.25, 0.3) is 0 Å². The molecule has 2 N–H and O–H groups in total. The van der Waals surface area contributed by atoms with E-state index in [1.54, 1.807) is 0 Å². The van der Waals surface area contributed by atoms with Crippen LogP contribution in [0.2, 0.25) is 0 Å². The van der Waals surface area contributed by atoms with Crippen LogP contribution in [-0.4, -0.2) is 54.4 Å². The molecule has 2 heterocycles. The maximum atomic E-state index is 13.2. The molecule has 10 nitrogen and oxygen atoms in total. The summed E-state index contributed by atoms with van der Waals surface area (Å²) in [6, 6.07) is 10.0. The predicted molar refractivity (Wildman–Crippen MR) is 138 cm³/mol. The Balaban J connectivity index is 1.95. The van der Waals surface area contributed by atoms with Crippen LogP contribution in [-0.2, 0) is 20.1 Å². The third-order valence-corrected chi connectivity index (χ3v) is 6.85. The number of benzene rings is 1. The number of aromatic nitrogens is 5. The maximum absolute atomic E-state index is 13.2. The SMILES string of the molecule is CCCn1c(N)c(C(=O)CSc2nnc(C(CC)N(C)C)n2Cc2ccccc2)c(=O)n(C)c1=O. The van der Waals surface area contributed by atoms with Gasteiger partial charge < -0.3 is 10.3 Å². The van der Waals surface area contributed by atoms with Crippen molar-refractivity contribution in [2.75, 3.05) is 25.6 Å². The summed E-state index contributed by atoms with van der Waals surface area (Å²) in [7, 11) is 5.35. The van der Waals surface area contributed by atoms with Gasteiger partial charge >= 0.3 is 5.69 Å². The fraction of sp³-hybridized carbons (Fsp3) is 0.458. The second kappa shape index (κ2) is 11.5. The van der Waals surface area contributed by atoms with Crippen molar-refractivity contribution in [3.05, 3.63) is 68.1 Å². The number of nitrogens with zero attached hydrogens (tertiary/aromatic N) is 6. The number of Topliss-reactive ketones (excluding diaryl/α,β-unsaturated/α-hetero) is 1. The van der Waals surface area contributed by atoms with E-state index in [-0.39, 0.29) is 23.2 Å². The van der Waals surface area contributed by atoms with Crippen molar-refractivity contribution in [2.45, 2.75) is 51.0 Å². The van der Waals surface area contributed by atoms with Gasteiger partial charge in [0.05, 0.1) is 18.3 Å². The Labute approximate surface area is 208 Å². The van der Waals surface area contributed by atoms with Crippen LogP contribution < -0.4 is 17.0 Å². The standard InChI is InChI=1S/C24H33N7O3S/c1-6-13-30-20(25)19(22(33)29(5)24(30)34)18(32)15-35-23-27-26-21(17(7-2)28(3)4)31(23)14-16-11-9-8-10-12-16/h8-12,17H,6-7,13-15,25H2,1-5H3. The normalized spacial score (nSPS) is 12.3. The van der Waals surface area contributed by atoms with Gasteiger partial charge in [-0.05, 0) is 32.5 Å². The molecular weight excluding hydrogens is 466 g/mol. The van der Waals surface area contributed by atoms with Crippen molar-refractivity contribution in [3.63, 3.8) is 0 Å². The van der Waals surface area contributed by atoms with Gasteiger partial charge in [0.1, 0.15) is 11.4 Å². The van der Waals surface area contributed by atoms with Crippen molar-refractivity contribution in [3.8, 4) is 0 Å². The van der Waals surface area contributed by atoms with Gasteiger partial charge in [-0.15, -0.1) is 10.2 Å². The number of hydrogen-bond acceptors (Lipinski definition) is 8. The Morgan fingerprint density at radius 3 is 2.40 bits per heavy atom. The highest BCUT2D eigenvalue weighted by molar-refractivity contribution is 7.99. The van der Waals surface area contributed by atoms with Gasteiger partial charge in [0.25, 0.3) is 5.56 Å². The molecule has 1 unspecified atom stereocenters.